The fourth-order valence-electron chi connectivity index (χ4n) is 2.23. The molecule has 0 fully saturated rings. The molecule has 0 aliphatic carbocycles. The molecule has 2 nitrogen and oxygen atoms in total. The summed E-state index contributed by atoms with van der Waals surface area (Å²) in [6, 6.07) is 0. The molecule has 0 spiro atoms. The highest BCUT2D eigenvalue weighted by molar-refractivity contribution is 5.75. The van der Waals surface area contributed by atoms with E-state index in [4.69, 9.17) is 0 Å². The Morgan fingerprint density at radius 1 is 0.750 bits per heavy atom. The van der Waals surface area contributed by atoms with Gasteiger partial charge in [0.05, 0.1) is 0 Å². The minimum Gasteiger partial charge on any atom is -0.356 e. The normalized spacial score (nSPS) is 12.2. The van der Waals surface area contributed by atoms with Gasteiger partial charge in [-0.05, 0) is 51.9 Å². The second-order valence-electron chi connectivity index (χ2n) is 5.93. The average Bonchev–Trinajstić information content (AvgIpc) is 2.58. The van der Waals surface area contributed by atoms with Crippen LogP contribution >= 0.6 is 0 Å². The van der Waals surface area contributed by atoms with Crippen molar-refractivity contribution >= 4 is 5.91 Å². The second kappa shape index (κ2) is 19.5. The van der Waals surface area contributed by atoms with Gasteiger partial charge in [0.25, 0.3) is 0 Å². The second-order valence-corrected chi connectivity index (χ2v) is 5.93. The molecular weight excluding hydrogens is 294 g/mol. The summed E-state index contributed by atoms with van der Waals surface area (Å²) < 4.78 is 0. The fraction of sp³-hybridized carbons (Fsp3) is 0.591. The van der Waals surface area contributed by atoms with Crippen LogP contribution in [0.25, 0.3) is 0 Å². The number of hydrogen-bond acceptors (Lipinski definition) is 1. The Morgan fingerprint density at radius 3 is 1.75 bits per heavy atom. The molecule has 0 aliphatic heterocycles. The Labute approximate surface area is 151 Å². The molecule has 0 saturated heterocycles. The molecule has 0 aromatic rings. The molecule has 138 valence electrons. The molecule has 1 amide bonds. The number of nitrogens with one attached hydrogen (secondary N) is 1. The van der Waals surface area contributed by atoms with Gasteiger partial charge in [-0.1, -0.05) is 68.4 Å². The summed E-state index contributed by atoms with van der Waals surface area (Å²) in [5, 5.41) is 2.82. The molecule has 0 radical (unpaired) electrons. The molecule has 0 rings (SSSR count). The van der Waals surface area contributed by atoms with Gasteiger partial charge in [0.1, 0.15) is 0 Å². The Balaban J connectivity index is 0. The van der Waals surface area contributed by atoms with Gasteiger partial charge >= 0.3 is 0 Å². The van der Waals surface area contributed by atoms with Gasteiger partial charge in [-0.2, -0.15) is 0 Å². The summed E-state index contributed by atoms with van der Waals surface area (Å²) in [7, 11) is 0. The fourth-order valence-corrected chi connectivity index (χ4v) is 2.23. The van der Waals surface area contributed by atoms with Crippen LogP contribution in [0.1, 0.15) is 79.5 Å². The predicted octanol–water partition coefficient (Wildman–Crippen LogP) is 6.51. The zero-order valence-corrected chi connectivity index (χ0v) is 15.8. The lowest BCUT2D eigenvalue weighted by Crippen LogP contribution is -2.21. The van der Waals surface area contributed by atoms with Crippen molar-refractivity contribution in [1.82, 2.24) is 5.32 Å². The molecule has 2 heteroatoms. The highest BCUT2D eigenvalue weighted by Crippen LogP contribution is 2.01. The quantitative estimate of drug-likeness (QED) is 0.268. The van der Waals surface area contributed by atoms with Gasteiger partial charge in [-0.25, -0.2) is 0 Å². The van der Waals surface area contributed by atoms with E-state index in [1.165, 1.54) is 25.7 Å². The first-order chi connectivity index (χ1) is 11.8. The largest absolute Gasteiger partial charge is 0.356 e. The van der Waals surface area contributed by atoms with Crippen LogP contribution < -0.4 is 5.32 Å². The third-order valence-corrected chi connectivity index (χ3v) is 3.61. The summed E-state index contributed by atoms with van der Waals surface area (Å²) in [5.74, 6) is 0.161. The zero-order valence-electron chi connectivity index (χ0n) is 15.8. The lowest BCUT2D eigenvalue weighted by Gasteiger charge is -1.99. The van der Waals surface area contributed by atoms with Gasteiger partial charge in [0, 0.05) is 14.4 Å². The SMILES string of the molecule is CCCCC/C=C\C/C=C\C/C=C\C/C=C\CCCC(=O)NCC.[HH]. The lowest BCUT2D eigenvalue weighted by atomic mass is 10.2. The standard InChI is InChI=1S/C22H37NO.H2/c1-3-5-6-7-8-9-10-11-12-13-14-15-16-17-18-19-20-21-22(24)23-4-2;/h8-9,11-12,14-15,17-18H,3-7,10,13,16,19-21H2,1-2H3,(H,23,24);1H/b9-8-,12-11-,15-14-,18-17-;. The summed E-state index contributed by atoms with van der Waals surface area (Å²) in [6.45, 7) is 4.91. The molecule has 0 bridgehead atoms. The predicted molar refractivity (Wildman–Crippen MR) is 109 cm³/mol. The van der Waals surface area contributed by atoms with E-state index in [9.17, 15) is 4.79 Å². The Kier molecular flexibility index (Phi) is 18.2. The van der Waals surface area contributed by atoms with Crippen molar-refractivity contribution in [2.24, 2.45) is 0 Å². The lowest BCUT2D eigenvalue weighted by molar-refractivity contribution is -0.121. The van der Waals surface area contributed by atoms with E-state index in [1.807, 2.05) is 6.92 Å². The van der Waals surface area contributed by atoms with E-state index in [-0.39, 0.29) is 7.33 Å². The number of rotatable bonds is 15. The number of amides is 1. The number of carbonyl (C=O) groups is 1. The zero-order chi connectivity index (χ0) is 17.7. The van der Waals surface area contributed by atoms with Crippen LogP contribution in [0.4, 0.5) is 0 Å². The summed E-state index contributed by atoms with van der Waals surface area (Å²) in [5.41, 5.74) is 0. The van der Waals surface area contributed by atoms with Crippen molar-refractivity contribution in [3.63, 3.8) is 0 Å². The number of hydrogen-bond donors (Lipinski definition) is 1. The van der Waals surface area contributed by atoms with E-state index in [2.05, 4.69) is 60.8 Å². The maximum absolute atomic E-state index is 11.2. The molecular formula is C22H39NO. The van der Waals surface area contributed by atoms with Crippen molar-refractivity contribution in [1.29, 1.82) is 0 Å². The maximum Gasteiger partial charge on any atom is 0.219 e. The highest BCUT2D eigenvalue weighted by Gasteiger charge is 1.96. The van der Waals surface area contributed by atoms with Crippen LogP contribution in [0.5, 0.6) is 0 Å². The van der Waals surface area contributed by atoms with Gasteiger partial charge in [0.2, 0.25) is 5.91 Å². The van der Waals surface area contributed by atoms with Crippen LogP contribution in [-0.2, 0) is 4.79 Å². The van der Waals surface area contributed by atoms with E-state index >= 15 is 0 Å². The van der Waals surface area contributed by atoms with E-state index in [0.29, 0.717) is 6.42 Å². The first kappa shape index (κ1) is 22.4. The third-order valence-electron chi connectivity index (χ3n) is 3.61. The molecule has 0 aromatic carbocycles. The topological polar surface area (TPSA) is 29.1 Å². The molecule has 24 heavy (non-hydrogen) atoms. The molecule has 0 aliphatic rings. The molecule has 0 atom stereocenters. The van der Waals surface area contributed by atoms with Crippen LogP contribution in [0, 0.1) is 0 Å². The molecule has 0 aromatic heterocycles. The van der Waals surface area contributed by atoms with Crippen LogP contribution in [-0.4, -0.2) is 12.5 Å². The van der Waals surface area contributed by atoms with Gasteiger partial charge in [0.15, 0.2) is 0 Å². The highest BCUT2D eigenvalue weighted by atomic mass is 16.1. The van der Waals surface area contributed by atoms with Crippen LogP contribution in [0.2, 0.25) is 0 Å². The van der Waals surface area contributed by atoms with Gasteiger partial charge < -0.3 is 5.32 Å². The van der Waals surface area contributed by atoms with Gasteiger partial charge in [-0.15, -0.1) is 0 Å². The van der Waals surface area contributed by atoms with Crippen molar-refractivity contribution in [2.75, 3.05) is 6.54 Å². The Morgan fingerprint density at radius 2 is 1.25 bits per heavy atom. The maximum atomic E-state index is 11.2. The van der Waals surface area contributed by atoms with E-state index in [0.717, 1.165) is 38.6 Å². The average molecular weight is 334 g/mol. The molecule has 0 unspecified atom stereocenters. The summed E-state index contributed by atoms with van der Waals surface area (Å²) >= 11 is 0. The van der Waals surface area contributed by atoms with Crippen LogP contribution in [0.15, 0.2) is 48.6 Å². The molecule has 0 saturated carbocycles. The van der Waals surface area contributed by atoms with Crippen molar-refractivity contribution in [2.45, 2.75) is 78.1 Å². The first-order valence-electron chi connectivity index (χ1n) is 9.67. The number of carbonyl (C=O) groups excluding carboxylic acids is 1. The van der Waals surface area contributed by atoms with E-state index < -0.39 is 0 Å². The molecule has 0 heterocycles. The monoisotopic (exact) mass is 333 g/mol. The van der Waals surface area contributed by atoms with Crippen LogP contribution in [0.3, 0.4) is 0 Å². The minimum absolute atomic E-state index is 0. The summed E-state index contributed by atoms with van der Waals surface area (Å²) in [6.07, 6.45) is 28.5. The van der Waals surface area contributed by atoms with E-state index in [1.54, 1.807) is 0 Å². The Hall–Kier alpha value is -1.57. The minimum atomic E-state index is 0. The summed E-state index contributed by atoms with van der Waals surface area (Å²) in [4.78, 5) is 11.2. The first-order valence-corrected chi connectivity index (χ1v) is 9.67. The number of allylic oxidation sites excluding steroid dienone is 8. The van der Waals surface area contributed by atoms with Crippen molar-refractivity contribution in [3.8, 4) is 0 Å². The number of unbranched alkanes of at least 4 members (excludes halogenated alkanes) is 4. The Bertz CT molecular complexity index is 397. The van der Waals surface area contributed by atoms with Crippen molar-refractivity contribution in [3.05, 3.63) is 48.6 Å². The van der Waals surface area contributed by atoms with Crippen molar-refractivity contribution < 1.29 is 6.22 Å². The third kappa shape index (κ3) is 18.5. The smallest absolute Gasteiger partial charge is 0.219 e. The van der Waals surface area contributed by atoms with Gasteiger partial charge in [-0.3, -0.25) is 4.79 Å². The molecule has 1 N–H and O–H groups in total.